The van der Waals surface area contributed by atoms with Crippen molar-refractivity contribution in [2.24, 2.45) is 0 Å². The van der Waals surface area contributed by atoms with Gasteiger partial charge in [-0.15, -0.1) is 10.2 Å². The maximum atomic E-state index is 13.1. The van der Waals surface area contributed by atoms with E-state index in [9.17, 15) is 4.39 Å². The van der Waals surface area contributed by atoms with Crippen molar-refractivity contribution < 1.29 is 4.39 Å². The predicted molar refractivity (Wildman–Crippen MR) is 98.3 cm³/mol. The predicted octanol–water partition coefficient (Wildman–Crippen LogP) is 3.61. The van der Waals surface area contributed by atoms with Crippen LogP contribution in [0.4, 0.5) is 15.9 Å². The Morgan fingerprint density at radius 2 is 1.36 bits per heavy atom. The minimum absolute atomic E-state index is 0.198. The van der Waals surface area contributed by atoms with Gasteiger partial charge in [0.05, 0.1) is 5.69 Å². The third kappa shape index (κ3) is 3.45. The zero-order valence-electron chi connectivity index (χ0n) is 13.8. The molecule has 4 nitrogen and oxygen atoms in total. The molecule has 1 aliphatic heterocycles. The third-order valence-electron chi connectivity index (χ3n) is 4.52. The molecule has 2 heterocycles. The first-order chi connectivity index (χ1) is 12.3. The second kappa shape index (κ2) is 6.89. The number of piperazine rings is 1. The molecule has 0 spiro atoms. The van der Waals surface area contributed by atoms with Gasteiger partial charge < -0.3 is 9.80 Å². The van der Waals surface area contributed by atoms with Crippen molar-refractivity contribution in [3.63, 3.8) is 0 Å². The van der Waals surface area contributed by atoms with Gasteiger partial charge in [0.1, 0.15) is 5.82 Å². The van der Waals surface area contributed by atoms with E-state index >= 15 is 0 Å². The second-order valence-corrected chi connectivity index (χ2v) is 6.09. The summed E-state index contributed by atoms with van der Waals surface area (Å²) in [6.07, 6.45) is 0. The lowest BCUT2D eigenvalue weighted by molar-refractivity contribution is 0.623. The van der Waals surface area contributed by atoms with Crippen LogP contribution in [0, 0.1) is 5.82 Å². The second-order valence-electron chi connectivity index (χ2n) is 6.09. The largest absolute Gasteiger partial charge is 0.368 e. The number of aromatic nitrogens is 2. The Hall–Kier alpha value is -2.95. The van der Waals surface area contributed by atoms with E-state index in [1.165, 1.54) is 12.1 Å². The van der Waals surface area contributed by atoms with E-state index in [2.05, 4.69) is 20.0 Å². The summed E-state index contributed by atoms with van der Waals surface area (Å²) in [6.45, 7) is 3.51. The van der Waals surface area contributed by atoms with Crippen LogP contribution in [-0.2, 0) is 0 Å². The summed E-state index contributed by atoms with van der Waals surface area (Å²) < 4.78 is 13.1. The molecule has 0 amide bonds. The lowest BCUT2D eigenvalue weighted by Crippen LogP contribution is -2.46. The highest BCUT2D eigenvalue weighted by Crippen LogP contribution is 2.21. The van der Waals surface area contributed by atoms with Gasteiger partial charge in [0.25, 0.3) is 0 Å². The first kappa shape index (κ1) is 15.6. The molecule has 0 N–H and O–H groups in total. The van der Waals surface area contributed by atoms with Gasteiger partial charge in [-0.1, -0.05) is 30.3 Å². The van der Waals surface area contributed by atoms with E-state index in [1.807, 2.05) is 54.6 Å². The molecule has 0 bridgehead atoms. The van der Waals surface area contributed by atoms with Gasteiger partial charge in [0.15, 0.2) is 5.82 Å². The number of rotatable bonds is 3. The van der Waals surface area contributed by atoms with Crippen molar-refractivity contribution in [1.82, 2.24) is 10.2 Å². The van der Waals surface area contributed by atoms with Crippen molar-refractivity contribution in [3.8, 4) is 11.3 Å². The molecule has 25 heavy (non-hydrogen) atoms. The Kier molecular flexibility index (Phi) is 4.29. The SMILES string of the molecule is Fc1ccc(N2CCN(c3ccc(-c4ccccc4)nn3)CC2)cc1. The number of benzene rings is 2. The molecule has 0 aliphatic carbocycles. The van der Waals surface area contributed by atoms with Crippen molar-refractivity contribution in [2.75, 3.05) is 36.0 Å². The van der Waals surface area contributed by atoms with Crippen LogP contribution in [0.2, 0.25) is 0 Å². The van der Waals surface area contributed by atoms with E-state index in [0.29, 0.717) is 0 Å². The van der Waals surface area contributed by atoms with Crippen LogP contribution in [0.25, 0.3) is 11.3 Å². The summed E-state index contributed by atoms with van der Waals surface area (Å²) in [6, 6.07) is 20.8. The van der Waals surface area contributed by atoms with Gasteiger partial charge in [-0.05, 0) is 36.4 Å². The van der Waals surface area contributed by atoms with E-state index in [-0.39, 0.29) is 5.82 Å². The number of nitrogens with zero attached hydrogens (tertiary/aromatic N) is 4. The minimum atomic E-state index is -0.198. The average Bonchev–Trinajstić information content (AvgIpc) is 2.70. The fraction of sp³-hybridized carbons (Fsp3) is 0.200. The van der Waals surface area contributed by atoms with Gasteiger partial charge in [0, 0.05) is 37.4 Å². The smallest absolute Gasteiger partial charge is 0.151 e. The number of halogens is 1. The Labute approximate surface area is 146 Å². The quantitative estimate of drug-likeness (QED) is 0.732. The van der Waals surface area contributed by atoms with E-state index in [0.717, 1.165) is 48.9 Å². The van der Waals surface area contributed by atoms with E-state index in [4.69, 9.17) is 0 Å². The molecule has 0 atom stereocenters. The Bertz CT molecular complexity index is 811. The molecule has 3 aromatic rings. The maximum Gasteiger partial charge on any atom is 0.151 e. The van der Waals surface area contributed by atoms with Crippen LogP contribution in [-0.4, -0.2) is 36.4 Å². The van der Waals surface area contributed by atoms with Crippen molar-refractivity contribution >= 4 is 11.5 Å². The topological polar surface area (TPSA) is 32.3 Å². The van der Waals surface area contributed by atoms with Gasteiger partial charge in [-0.3, -0.25) is 0 Å². The Morgan fingerprint density at radius 3 is 2.00 bits per heavy atom. The molecular weight excluding hydrogens is 315 g/mol. The Morgan fingerprint density at radius 1 is 0.680 bits per heavy atom. The summed E-state index contributed by atoms with van der Waals surface area (Å²) in [5, 5.41) is 8.76. The summed E-state index contributed by atoms with van der Waals surface area (Å²) in [5.41, 5.74) is 3.02. The molecule has 1 fully saturated rings. The summed E-state index contributed by atoms with van der Waals surface area (Å²) in [5.74, 6) is 0.703. The highest BCUT2D eigenvalue weighted by Gasteiger charge is 2.18. The number of hydrogen-bond donors (Lipinski definition) is 0. The lowest BCUT2D eigenvalue weighted by Gasteiger charge is -2.36. The van der Waals surface area contributed by atoms with Crippen LogP contribution in [0.15, 0.2) is 66.7 Å². The molecule has 1 aromatic heterocycles. The maximum absolute atomic E-state index is 13.1. The highest BCUT2D eigenvalue weighted by atomic mass is 19.1. The fourth-order valence-electron chi connectivity index (χ4n) is 3.10. The van der Waals surface area contributed by atoms with E-state index in [1.54, 1.807) is 0 Å². The molecule has 126 valence electrons. The Balaban J connectivity index is 1.41. The minimum Gasteiger partial charge on any atom is -0.368 e. The third-order valence-corrected chi connectivity index (χ3v) is 4.52. The molecule has 5 heteroatoms. The first-order valence-corrected chi connectivity index (χ1v) is 8.44. The number of anilines is 2. The van der Waals surface area contributed by atoms with Gasteiger partial charge in [-0.25, -0.2) is 4.39 Å². The molecule has 0 unspecified atom stereocenters. The monoisotopic (exact) mass is 334 g/mol. The average molecular weight is 334 g/mol. The molecule has 2 aromatic carbocycles. The van der Waals surface area contributed by atoms with Crippen LogP contribution >= 0.6 is 0 Å². The summed E-state index contributed by atoms with van der Waals surface area (Å²) in [4.78, 5) is 4.50. The number of hydrogen-bond acceptors (Lipinski definition) is 4. The normalized spacial score (nSPS) is 14.6. The van der Waals surface area contributed by atoms with Crippen LogP contribution in [0.5, 0.6) is 0 Å². The first-order valence-electron chi connectivity index (χ1n) is 8.44. The van der Waals surface area contributed by atoms with Crippen LogP contribution in [0.1, 0.15) is 0 Å². The summed E-state index contributed by atoms with van der Waals surface area (Å²) >= 11 is 0. The van der Waals surface area contributed by atoms with Gasteiger partial charge in [-0.2, -0.15) is 0 Å². The molecule has 4 rings (SSSR count). The summed E-state index contributed by atoms with van der Waals surface area (Å²) in [7, 11) is 0. The fourth-order valence-corrected chi connectivity index (χ4v) is 3.10. The van der Waals surface area contributed by atoms with Crippen LogP contribution in [0.3, 0.4) is 0 Å². The van der Waals surface area contributed by atoms with E-state index < -0.39 is 0 Å². The zero-order chi connectivity index (χ0) is 17.1. The standard InChI is InChI=1S/C20H19FN4/c21-17-6-8-18(9-7-17)24-12-14-25(15-13-24)20-11-10-19(22-23-20)16-4-2-1-3-5-16/h1-11H,12-15H2. The van der Waals surface area contributed by atoms with Crippen LogP contribution < -0.4 is 9.80 Å². The van der Waals surface area contributed by atoms with Gasteiger partial charge in [0.2, 0.25) is 0 Å². The van der Waals surface area contributed by atoms with Gasteiger partial charge >= 0.3 is 0 Å². The molecule has 1 aliphatic rings. The van der Waals surface area contributed by atoms with Crippen molar-refractivity contribution in [3.05, 3.63) is 72.5 Å². The molecule has 0 radical (unpaired) electrons. The molecule has 0 saturated carbocycles. The zero-order valence-corrected chi connectivity index (χ0v) is 13.8. The molecular formula is C20H19FN4. The lowest BCUT2D eigenvalue weighted by atomic mass is 10.1. The van der Waals surface area contributed by atoms with Crippen molar-refractivity contribution in [1.29, 1.82) is 0 Å². The highest BCUT2D eigenvalue weighted by molar-refractivity contribution is 5.59. The van der Waals surface area contributed by atoms with Crippen molar-refractivity contribution in [2.45, 2.75) is 0 Å². The molecule has 1 saturated heterocycles.